The highest BCUT2D eigenvalue weighted by molar-refractivity contribution is 5.93. The topological polar surface area (TPSA) is 104 Å². The molecule has 32 heavy (non-hydrogen) atoms. The molecule has 0 amide bonds. The molecule has 1 aliphatic rings. The number of nitrogens with zero attached hydrogens (tertiary/aromatic N) is 1. The second-order valence-corrected chi connectivity index (χ2v) is 8.28. The first-order valence-corrected chi connectivity index (χ1v) is 10.5. The van der Waals surface area contributed by atoms with Crippen LogP contribution >= 0.6 is 0 Å². The van der Waals surface area contributed by atoms with Crippen LogP contribution in [0.4, 0.5) is 10.1 Å². The Balaban J connectivity index is 2.10. The molecular weight excluding hydrogens is 413 g/mol. The highest BCUT2D eigenvalue weighted by Gasteiger charge is 2.30. The first-order valence-electron chi connectivity index (χ1n) is 10.5. The Morgan fingerprint density at radius 2 is 1.81 bits per heavy atom. The fourth-order valence-corrected chi connectivity index (χ4v) is 4.06. The summed E-state index contributed by atoms with van der Waals surface area (Å²) in [5, 5.41) is 43.2. The van der Waals surface area contributed by atoms with Crippen LogP contribution in [0.15, 0.2) is 66.3 Å². The lowest BCUT2D eigenvalue weighted by molar-refractivity contribution is -0.139. The van der Waals surface area contributed by atoms with E-state index in [4.69, 9.17) is 5.11 Å². The van der Waals surface area contributed by atoms with Crippen LogP contribution in [0.3, 0.4) is 0 Å². The van der Waals surface area contributed by atoms with Gasteiger partial charge in [-0.25, -0.2) is 4.39 Å². The maximum absolute atomic E-state index is 13.6. The van der Waals surface area contributed by atoms with Gasteiger partial charge >= 0.3 is 5.97 Å². The zero-order valence-electron chi connectivity index (χ0n) is 18.0. The van der Waals surface area contributed by atoms with Crippen LogP contribution in [0, 0.1) is 16.9 Å². The number of halogens is 1. The van der Waals surface area contributed by atoms with Gasteiger partial charge in [-0.1, -0.05) is 56.3 Å². The Morgan fingerprint density at radius 3 is 2.44 bits per heavy atom. The Kier molecular flexibility index (Phi) is 7.45. The second-order valence-electron chi connectivity index (χ2n) is 8.28. The first kappa shape index (κ1) is 23.7. The van der Waals surface area contributed by atoms with Gasteiger partial charge in [-0.05, 0) is 40.8 Å². The van der Waals surface area contributed by atoms with Gasteiger partial charge in [0.05, 0.1) is 18.6 Å². The van der Waals surface area contributed by atoms with Gasteiger partial charge in [0.1, 0.15) is 5.82 Å². The summed E-state index contributed by atoms with van der Waals surface area (Å²) in [5.74, 6) is -1.60. The summed E-state index contributed by atoms with van der Waals surface area (Å²) < 4.78 is 13.6. The molecule has 0 saturated heterocycles. The zero-order valence-corrected chi connectivity index (χ0v) is 18.0. The van der Waals surface area contributed by atoms with Crippen LogP contribution in [0.25, 0.3) is 5.57 Å². The third-order valence-corrected chi connectivity index (χ3v) is 5.46. The molecule has 2 unspecified atom stereocenters. The normalized spacial score (nSPS) is 18.2. The highest BCUT2D eigenvalue weighted by Crippen LogP contribution is 2.43. The molecule has 0 saturated carbocycles. The number of carboxylic acids is 1. The van der Waals surface area contributed by atoms with Gasteiger partial charge in [0, 0.05) is 23.7 Å². The summed E-state index contributed by atoms with van der Waals surface area (Å²) in [6, 6.07) is 12.7. The van der Waals surface area contributed by atoms with Crippen molar-refractivity contribution in [2.24, 2.45) is 5.92 Å². The fraction of sp³-hybridized carbons (Fsp3) is 0.320. The van der Waals surface area contributed by atoms with Crippen molar-refractivity contribution < 1.29 is 24.5 Å². The van der Waals surface area contributed by atoms with Crippen molar-refractivity contribution in [3.05, 3.63) is 88.4 Å². The minimum atomic E-state index is -1.19. The van der Waals surface area contributed by atoms with Crippen molar-refractivity contribution in [1.82, 2.24) is 0 Å². The Hall–Kier alpha value is -3.00. The summed E-state index contributed by atoms with van der Waals surface area (Å²) in [7, 11) is 0. The summed E-state index contributed by atoms with van der Waals surface area (Å²) in [6.45, 7) is 3.85. The molecule has 0 bridgehead atoms. The summed E-state index contributed by atoms with van der Waals surface area (Å²) in [6.07, 6.45) is 0.207. The van der Waals surface area contributed by atoms with E-state index in [0.29, 0.717) is 16.8 Å². The average molecular weight is 440 g/mol. The standard InChI is InChI=1S/C25H27FNO5/c1-15(2)25-21(12-11-18(28)13-19(29)14-23(30)31)24(16-7-9-17(26)10-8-16)20-5-3-4-6-22(20)27(25)32/h3-12,15,18-19,25,28-29H,13-14H2,1-2H3,(H,30,31)/q-1/t18-,19?,25?/m1/s1. The minimum absolute atomic E-state index is 0.0781. The van der Waals surface area contributed by atoms with Gasteiger partial charge in [-0.3, -0.25) is 4.79 Å². The highest BCUT2D eigenvalue weighted by atomic mass is 19.1. The molecule has 170 valence electrons. The molecule has 3 rings (SSSR count). The number of para-hydroxylation sites is 1. The number of hydrogen-bond acceptors (Lipinski definition) is 5. The minimum Gasteiger partial charge on any atom is -0.758 e. The monoisotopic (exact) mass is 440 g/mol. The third kappa shape index (κ3) is 5.24. The molecule has 0 radical (unpaired) electrons. The maximum atomic E-state index is 13.6. The van der Waals surface area contributed by atoms with Gasteiger partial charge in [-0.15, -0.1) is 0 Å². The van der Waals surface area contributed by atoms with E-state index in [2.05, 4.69) is 0 Å². The van der Waals surface area contributed by atoms with Crippen LogP contribution < -0.4 is 5.06 Å². The van der Waals surface area contributed by atoms with Gasteiger partial charge in [0.15, 0.2) is 0 Å². The zero-order chi connectivity index (χ0) is 23.4. The molecule has 1 aliphatic heterocycles. The van der Waals surface area contributed by atoms with Crippen LogP contribution in [0.1, 0.15) is 37.8 Å². The van der Waals surface area contributed by atoms with Gasteiger partial charge in [-0.2, -0.15) is 0 Å². The second kappa shape index (κ2) is 10.1. The number of aliphatic carboxylic acids is 1. The lowest BCUT2D eigenvalue weighted by Gasteiger charge is -2.47. The van der Waals surface area contributed by atoms with E-state index in [9.17, 15) is 24.6 Å². The summed E-state index contributed by atoms with van der Waals surface area (Å²) >= 11 is 0. The number of hydroxylamine groups is 1. The van der Waals surface area contributed by atoms with Crippen LogP contribution in [0.2, 0.25) is 0 Å². The molecule has 0 spiro atoms. The number of aliphatic hydroxyl groups excluding tert-OH is 2. The lowest BCUT2D eigenvalue weighted by atomic mass is 9.81. The molecule has 2 aromatic carbocycles. The van der Waals surface area contributed by atoms with Gasteiger partial charge in [0.25, 0.3) is 0 Å². The van der Waals surface area contributed by atoms with Gasteiger partial charge in [0.2, 0.25) is 0 Å². The number of fused-ring (bicyclic) bond motifs is 1. The number of benzene rings is 2. The molecule has 2 aromatic rings. The number of hydrogen-bond donors (Lipinski definition) is 3. The molecule has 0 aromatic heterocycles. The predicted molar refractivity (Wildman–Crippen MR) is 121 cm³/mol. The third-order valence-electron chi connectivity index (χ3n) is 5.46. The van der Waals surface area contributed by atoms with E-state index in [1.807, 2.05) is 26.0 Å². The van der Waals surface area contributed by atoms with Crippen LogP contribution in [-0.4, -0.2) is 39.5 Å². The molecule has 6 nitrogen and oxygen atoms in total. The summed E-state index contributed by atoms with van der Waals surface area (Å²) in [4.78, 5) is 10.8. The smallest absolute Gasteiger partial charge is 0.305 e. The van der Waals surface area contributed by atoms with Crippen molar-refractivity contribution in [3.63, 3.8) is 0 Å². The quantitative estimate of drug-likeness (QED) is 0.571. The lowest BCUT2D eigenvalue weighted by Crippen LogP contribution is -2.39. The maximum Gasteiger partial charge on any atom is 0.305 e. The van der Waals surface area contributed by atoms with Crippen molar-refractivity contribution in [1.29, 1.82) is 0 Å². The molecular formula is C25H27FNO5-. The molecule has 3 N–H and O–H groups in total. The molecule has 0 aliphatic carbocycles. The number of anilines is 1. The van der Waals surface area contributed by atoms with E-state index in [1.165, 1.54) is 18.2 Å². The van der Waals surface area contributed by atoms with Crippen molar-refractivity contribution in [3.8, 4) is 0 Å². The number of aliphatic hydroxyl groups is 2. The largest absolute Gasteiger partial charge is 0.758 e. The van der Waals surface area contributed by atoms with E-state index in [1.54, 1.807) is 30.3 Å². The molecule has 7 heteroatoms. The predicted octanol–water partition coefficient (Wildman–Crippen LogP) is 4.11. The number of carbonyl (C=O) groups is 1. The van der Waals surface area contributed by atoms with Crippen LogP contribution in [0.5, 0.6) is 0 Å². The SMILES string of the molecule is CC(C)C1C(C=C[C@@H](O)CC(O)CC(=O)O)=C(c2ccc(F)cc2)c2ccccc2N1[O-]. The molecule has 1 heterocycles. The number of rotatable bonds is 8. The van der Waals surface area contributed by atoms with Gasteiger partial charge < -0.3 is 25.6 Å². The fourth-order valence-electron chi connectivity index (χ4n) is 4.06. The Morgan fingerprint density at radius 1 is 1.16 bits per heavy atom. The summed E-state index contributed by atoms with van der Waals surface area (Å²) in [5.41, 5.74) is 3.37. The molecule has 0 fully saturated rings. The van der Waals surface area contributed by atoms with E-state index in [0.717, 1.165) is 16.2 Å². The van der Waals surface area contributed by atoms with Crippen molar-refractivity contribution >= 4 is 17.2 Å². The molecule has 3 atom stereocenters. The Bertz CT molecular complexity index is 1020. The van der Waals surface area contributed by atoms with Crippen molar-refractivity contribution in [2.45, 2.75) is 44.9 Å². The average Bonchev–Trinajstić information content (AvgIpc) is 2.72. The van der Waals surface area contributed by atoms with E-state index < -0.39 is 30.6 Å². The van der Waals surface area contributed by atoms with Crippen molar-refractivity contribution in [2.75, 3.05) is 5.06 Å². The first-order chi connectivity index (χ1) is 15.2. The van der Waals surface area contributed by atoms with E-state index >= 15 is 0 Å². The number of carboxylic acid groups (broad SMARTS) is 1. The van der Waals surface area contributed by atoms with E-state index in [-0.39, 0.29) is 18.2 Å². The van der Waals surface area contributed by atoms with Crippen LogP contribution in [-0.2, 0) is 4.79 Å². The Labute approximate surface area is 186 Å².